The van der Waals surface area contributed by atoms with Crippen LogP contribution in [0.15, 0.2) is 46.9 Å². The Morgan fingerprint density at radius 2 is 1.84 bits per heavy atom. The third-order valence-electron chi connectivity index (χ3n) is 2.87. The van der Waals surface area contributed by atoms with E-state index in [1.54, 1.807) is 7.11 Å². The molecule has 0 aliphatic carbocycles. The predicted octanol–water partition coefficient (Wildman–Crippen LogP) is 5.79. The van der Waals surface area contributed by atoms with E-state index in [0.717, 1.165) is 16.5 Å². The molecule has 4 heteroatoms. The van der Waals surface area contributed by atoms with Gasteiger partial charge in [-0.15, -0.1) is 0 Å². The first-order valence-corrected chi connectivity index (χ1v) is 7.91. The first-order chi connectivity index (χ1) is 9.10. The standard InChI is InChI=1S/C15H13Br2ClO/c1-19-15-7-4-11(9-14(15)18)13(17)8-10-2-5-12(16)6-3-10/h2-7,9,13H,8H2,1H3. The van der Waals surface area contributed by atoms with Gasteiger partial charge in [0.1, 0.15) is 5.75 Å². The maximum absolute atomic E-state index is 6.15. The van der Waals surface area contributed by atoms with Gasteiger partial charge in [0.15, 0.2) is 0 Å². The summed E-state index contributed by atoms with van der Waals surface area (Å²) in [5.41, 5.74) is 2.42. The fourth-order valence-corrected chi connectivity index (χ4v) is 3.01. The van der Waals surface area contributed by atoms with Crippen molar-refractivity contribution in [2.75, 3.05) is 7.11 Å². The van der Waals surface area contributed by atoms with Gasteiger partial charge in [0, 0.05) is 9.30 Å². The third-order valence-corrected chi connectivity index (χ3v) is 4.54. The van der Waals surface area contributed by atoms with E-state index in [1.807, 2.05) is 18.2 Å². The van der Waals surface area contributed by atoms with E-state index >= 15 is 0 Å². The summed E-state index contributed by atoms with van der Waals surface area (Å²) in [5.74, 6) is 0.703. The van der Waals surface area contributed by atoms with Crippen molar-refractivity contribution in [2.24, 2.45) is 0 Å². The molecule has 0 aliphatic heterocycles. The van der Waals surface area contributed by atoms with E-state index in [-0.39, 0.29) is 4.83 Å². The van der Waals surface area contributed by atoms with Gasteiger partial charge in [-0.25, -0.2) is 0 Å². The second-order valence-electron chi connectivity index (χ2n) is 4.19. The van der Waals surface area contributed by atoms with Crippen LogP contribution < -0.4 is 4.74 Å². The number of ether oxygens (including phenoxy) is 1. The lowest BCUT2D eigenvalue weighted by atomic mass is 10.0. The van der Waals surface area contributed by atoms with Crippen molar-refractivity contribution in [2.45, 2.75) is 11.2 Å². The summed E-state index contributed by atoms with van der Waals surface area (Å²) in [6.07, 6.45) is 0.913. The van der Waals surface area contributed by atoms with Crippen molar-refractivity contribution in [3.05, 3.63) is 63.1 Å². The van der Waals surface area contributed by atoms with Gasteiger partial charge in [0.25, 0.3) is 0 Å². The van der Waals surface area contributed by atoms with E-state index in [4.69, 9.17) is 16.3 Å². The molecule has 100 valence electrons. The lowest BCUT2D eigenvalue weighted by Crippen LogP contribution is -1.96. The lowest BCUT2D eigenvalue weighted by Gasteiger charge is -2.12. The third kappa shape index (κ3) is 3.98. The van der Waals surface area contributed by atoms with Crippen molar-refractivity contribution < 1.29 is 4.74 Å². The highest BCUT2D eigenvalue weighted by atomic mass is 79.9. The van der Waals surface area contributed by atoms with Gasteiger partial charge in [-0.1, -0.05) is 61.7 Å². The Bertz CT molecular complexity index is 555. The fraction of sp³-hybridized carbons (Fsp3) is 0.200. The van der Waals surface area contributed by atoms with E-state index in [1.165, 1.54) is 5.56 Å². The average Bonchev–Trinajstić information content (AvgIpc) is 2.41. The highest BCUT2D eigenvalue weighted by molar-refractivity contribution is 9.10. The van der Waals surface area contributed by atoms with Crippen LogP contribution in [-0.2, 0) is 6.42 Å². The molecule has 0 aliphatic rings. The molecule has 1 unspecified atom stereocenters. The van der Waals surface area contributed by atoms with Crippen LogP contribution in [0.3, 0.4) is 0 Å². The number of methoxy groups -OCH3 is 1. The Labute approximate surface area is 135 Å². The minimum absolute atomic E-state index is 0.233. The van der Waals surface area contributed by atoms with Crippen LogP contribution in [-0.4, -0.2) is 7.11 Å². The van der Waals surface area contributed by atoms with Crippen molar-refractivity contribution in [3.8, 4) is 5.75 Å². The van der Waals surface area contributed by atoms with Gasteiger partial charge >= 0.3 is 0 Å². The molecule has 0 bridgehead atoms. The molecule has 2 aromatic rings. The average molecular weight is 405 g/mol. The zero-order chi connectivity index (χ0) is 13.8. The maximum atomic E-state index is 6.15. The summed E-state index contributed by atoms with van der Waals surface area (Å²) in [6.45, 7) is 0. The predicted molar refractivity (Wildman–Crippen MR) is 87.5 cm³/mol. The molecule has 0 N–H and O–H groups in total. The van der Waals surface area contributed by atoms with Crippen LogP contribution in [0, 0.1) is 0 Å². The summed E-state index contributed by atoms with van der Waals surface area (Å²) in [4.78, 5) is 0.233. The van der Waals surface area contributed by atoms with Crippen LogP contribution in [0.5, 0.6) is 5.75 Å². The molecular formula is C15H13Br2ClO. The van der Waals surface area contributed by atoms with E-state index in [0.29, 0.717) is 10.8 Å². The normalized spacial score (nSPS) is 12.2. The number of alkyl halides is 1. The van der Waals surface area contributed by atoms with Gasteiger partial charge in [-0.2, -0.15) is 0 Å². The van der Waals surface area contributed by atoms with Crippen LogP contribution >= 0.6 is 43.5 Å². The Balaban J connectivity index is 2.13. The Kier molecular flexibility index (Phi) is 5.31. The van der Waals surface area contributed by atoms with Gasteiger partial charge in [-0.3, -0.25) is 0 Å². The zero-order valence-electron chi connectivity index (χ0n) is 10.4. The molecule has 0 fully saturated rings. The summed E-state index contributed by atoms with van der Waals surface area (Å²) in [7, 11) is 1.62. The quantitative estimate of drug-likeness (QED) is 0.586. The molecule has 0 heterocycles. The molecule has 1 nitrogen and oxygen atoms in total. The highest BCUT2D eigenvalue weighted by Gasteiger charge is 2.11. The zero-order valence-corrected chi connectivity index (χ0v) is 14.3. The van der Waals surface area contributed by atoms with Gasteiger partial charge in [-0.05, 0) is 41.8 Å². The molecule has 2 aromatic carbocycles. The van der Waals surface area contributed by atoms with Crippen LogP contribution in [0.2, 0.25) is 5.02 Å². The fourth-order valence-electron chi connectivity index (χ4n) is 1.82. The molecule has 0 spiro atoms. The number of hydrogen-bond donors (Lipinski definition) is 0. The first-order valence-electron chi connectivity index (χ1n) is 5.82. The van der Waals surface area contributed by atoms with Crippen LogP contribution in [0.25, 0.3) is 0 Å². The largest absolute Gasteiger partial charge is 0.495 e. The van der Waals surface area contributed by atoms with Gasteiger partial charge in [0.2, 0.25) is 0 Å². The number of rotatable bonds is 4. The Morgan fingerprint density at radius 1 is 1.16 bits per heavy atom. The topological polar surface area (TPSA) is 9.23 Å². The monoisotopic (exact) mass is 402 g/mol. The molecule has 0 saturated carbocycles. The second kappa shape index (κ2) is 6.78. The molecule has 0 aromatic heterocycles. The molecular weight excluding hydrogens is 391 g/mol. The maximum Gasteiger partial charge on any atom is 0.137 e. The van der Waals surface area contributed by atoms with Crippen molar-refractivity contribution in [3.63, 3.8) is 0 Å². The Morgan fingerprint density at radius 3 is 2.42 bits per heavy atom. The van der Waals surface area contributed by atoms with E-state index in [9.17, 15) is 0 Å². The lowest BCUT2D eigenvalue weighted by molar-refractivity contribution is 0.415. The van der Waals surface area contributed by atoms with Crippen LogP contribution in [0.1, 0.15) is 16.0 Å². The Hall–Kier alpha value is -0.510. The summed E-state index contributed by atoms with van der Waals surface area (Å²) in [6, 6.07) is 14.2. The number of hydrogen-bond acceptors (Lipinski definition) is 1. The van der Waals surface area contributed by atoms with Crippen molar-refractivity contribution in [1.29, 1.82) is 0 Å². The number of halogens is 3. The summed E-state index contributed by atoms with van der Waals surface area (Å²) >= 11 is 13.3. The van der Waals surface area contributed by atoms with Gasteiger partial charge in [0.05, 0.1) is 12.1 Å². The molecule has 0 saturated heterocycles. The summed E-state index contributed by atoms with van der Waals surface area (Å²) in [5, 5.41) is 0.639. The molecule has 19 heavy (non-hydrogen) atoms. The molecule has 1 atom stereocenters. The highest BCUT2D eigenvalue weighted by Crippen LogP contribution is 2.33. The van der Waals surface area contributed by atoms with Gasteiger partial charge < -0.3 is 4.74 Å². The van der Waals surface area contributed by atoms with Crippen molar-refractivity contribution in [1.82, 2.24) is 0 Å². The van der Waals surface area contributed by atoms with Crippen LogP contribution in [0.4, 0.5) is 0 Å². The minimum Gasteiger partial charge on any atom is -0.495 e. The minimum atomic E-state index is 0.233. The SMILES string of the molecule is COc1ccc(C(Br)Cc2ccc(Br)cc2)cc1Cl. The molecule has 0 amide bonds. The smallest absolute Gasteiger partial charge is 0.137 e. The molecule has 2 rings (SSSR count). The molecule has 0 radical (unpaired) electrons. The van der Waals surface area contributed by atoms with E-state index < -0.39 is 0 Å². The first kappa shape index (κ1) is 14.9. The van der Waals surface area contributed by atoms with E-state index in [2.05, 4.69) is 56.1 Å². The summed E-state index contributed by atoms with van der Waals surface area (Å²) < 4.78 is 6.25. The number of benzene rings is 2. The van der Waals surface area contributed by atoms with Crippen molar-refractivity contribution >= 4 is 43.5 Å². The second-order valence-corrected chi connectivity index (χ2v) is 6.62.